The highest BCUT2D eigenvalue weighted by Gasteiger charge is 2.28. The lowest BCUT2D eigenvalue weighted by Gasteiger charge is -2.26. The van der Waals surface area contributed by atoms with Crippen LogP contribution in [0, 0.1) is 0 Å². The number of benzene rings is 1. The monoisotopic (exact) mass is 317 g/mol. The number of likely N-dealkylation sites (N-methyl/N-ethyl adjacent to an activating group) is 1. The van der Waals surface area contributed by atoms with Crippen molar-refractivity contribution in [2.75, 3.05) is 12.8 Å². The minimum Gasteiger partial charge on any atom is -0.374 e. The Labute approximate surface area is 133 Å². The second kappa shape index (κ2) is 5.92. The molecule has 0 radical (unpaired) electrons. The molecule has 7 heteroatoms. The maximum atomic E-state index is 12.4. The molecule has 3 rings (SSSR count). The van der Waals surface area contributed by atoms with Gasteiger partial charge in [0.1, 0.15) is 5.01 Å². The Morgan fingerprint density at radius 1 is 1.36 bits per heavy atom. The van der Waals surface area contributed by atoms with Crippen molar-refractivity contribution in [2.24, 2.45) is 0 Å². The second-order valence-corrected chi connectivity index (χ2v) is 6.63. The van der Waals surface area contributed by atoms with Crippen LogP contribution in [0.3, 0.4) is 0 Å². The van der Waals surface area contributed by atoms with Gasteiger partial charge in [0.2, 0.25) is 5.13 Å². The van der Waals surface area contributed by atoms with E-state index in [0.717, 1.165) is 12.8 Å². The van der Waals surface area contributed by atoms with E-state index in [4.69, 9.17) is 5.73 Å². The van der Waals surface area contributed by atoms with Crippen LogP contribution in [-0.4, -0.2) is 34.2 Å². The minimum absolute atomic E-state index is 0.0981. The Morgan fingerprint density at radius 2 is 2.00 bits per heavy atom. The Bertz CT molecular complexity index is 661. The number of nitrogens with zero attached hydrogens (tertiary/aromatic N) is 3. The molecule has 22 heavy (non-hydrogen) atoms. The number of hydrogen-bond acceptors (Lipinski definition) is 5. The van der Waals surface area contributed by atoms with Gasteiger partial charge < -0.3 is 16.0 Å². The number of urea groups is 1. The quantitative estimate of drug-likeness (QED) is 0.907. The van der Waals surface area contributed by atoms with E-state index in [2.05, 4.69) is 27.6 Å². The molecule has 1 heterocycles. The van der Waals surface area contributed by atoms with E-state index in [0.29, 0.717) is 10.1 Å². The first-order chi connectivity index (χ1) is 10.5. The minimum atomic E-state index is -0.200. The molecular formula is C15H19N5OS. The number of nitrogens with two attached hydrogens (primary N) is 1. The van der Waals surface area contributed by atoms with Crippen molar-refractivity contribution >= 4 is 22.5 Å². The molecule has 3 N–H and O–H groups in total. The maximum absolute atomic E-state index is 12.4. The first-order valence-electron chi connectivity index (χ1n) is 7.23. The summed E-state index contributed by atoms with van der Waals surface area (Å²) in [6, 6.07) is 8.25. The standard InChI is InChI=1S/C15H19N5OS/c1-9(13-18-19-14(16)22-13)17-15(21)20(2)12-7-10-5-3-4-6-11(10)8-12/h3-6,9,12H,7-8H2,1-2H3,(H2,16,19)(H,17,21)/t9-/m1/s1. The van der Waals surface area contributed by atoms with Gasteiger partial charge in [-0.2, -0.15) is 0 Å². The molecular weight excluding hydrogens is 298 g/mol. The SMILES string of the molecule is C[C@@H](NC(=O)N(C)C1Cc2ccccc2C1)c1nnc(N)s1. The number of carbonyl (C=O) groups excluding carboxylic acids is 1. The first kappa shape index (κ1) is 14.8. The summed E-state index contributed by atoms with van der Waals surface area (Å²) in [5.41, 5.74) is 8.24. The van der Waals surface area contributed by atoms with Crippen LogP contribution in [0.1, 0.15) is 29.1 Å². The molecule has 0 unspecified atom stereocenters. The molecule has 0 bridgehead atoms. The van der Waals surface area contributed by atoms with Gasteiger partial charge >= 0.3 is 6.03 Å². The van der Waals surface area contributed by atoms with E-state index >= 15 is 0 Å². The van der Waals surface area contributed by atoms with E-state index in [-0.39, 0.29) is 18.1 Å². The van der Waals surface area contributed by atoms with Crippen LogP contribution < -0.4 is 11.1 Å². The molecule has 0 fully saturated rings. The first-order valence-corrected chi connectivity index (χ1v) is 8.05. The summed E-state index contributed by atoms with van der Waals surface area (Å²) in [4.78, 5) is 14.2. The summed E-state index contributed by atoms with van der Waals surface area (Å²) in [7, 11) is 1.84. The molecule has 2 aromatic rings. The van der Waals surface area contributed by atoms with Crippen LogP contribution in [0.15, 0.2) is 24.3 Å². The fourth-order valence-corrected chi connectivity index (χ4v) is 3.36. The van der Waals surface area contributed by atoms with Crippen LogP contribution in [0.4, 0.5) is 9.93 Å². The number of aromatic nitrogens is 2. The molecule has 116 valence electrons. The van der Waals surface area contributed by atoms with Crippen molar-refractivity contribution in [2.45, 2.75) is 31.8 Å². The third kappa shape index (κ3) is 2.89. The largest absolute Gasteiger partial charge is 0.374 e. The number of rotatable bonds is 3. The molecule has 6 nitrogen and oxygen atoms in total. The molecule has 1 atom stereocenters. The molecule has 1 aromatic heterocycles. The lowest BCUT2D eigenvalue weighted by Crippen LogP contribution is -2.44. The van der Waals surface area contributed by atoms with Crippen LogP contribution in [0.25, 0.3) is 0 Å². The average molecular weight is 317 g/mol. The number of amides is 2. The van der Waals surface area contributed by atoms with Crippen LogP contribution in [0.2, 0.25) is 0 Å². The molecule has 1 aliphatic carbocycles. The van der Waals surface area contributed by atoms with Gasteiger partial charge in [-0.15, -0.1) is 10.2 Å². The number of nitrogen functional groups attached to an aromatic ring is 1. The fraction of sp³-hybridized carbons (Fsp3) is 0.400. The molecule has 0 aliphatic heterocycles. The van der Waals surface area contributed by atoms with Crippen LogP contribution in [0.5, 0.6) is 0 Å². The van der Waals surface area contributed by atoms with Crippen molar-refractivity contribution in [1.82, 2.24) is 20.4 Å². The summed E-state index contributed by atoms with van der Waals surface area (Å²) in [5, 5.41) is 11.8. The summed E-state index contributed by atoms with van der Waals surface area (Å²) < 4.78 is 0. The zero-order chi connectivity index (χ0) is 15.7. The topological polar surface area (TPSA) is 84.1 Å². The van der Waals surface area contributed by atoms with Crippen LogP contribution >= 0.6 is 11.3 Å². The third-order valence-corrected chi connectivity index (χ3v) is 5.00. The van der Waals surface area contributed by atoms with Gasteiger partial charge in [-0.05, 0) is 30.9 Å². The van der Waals surface area contributed by atoms with Crippen molar-refractivity contribution < 1.29 is 4.79 Å². The van der Waals surface area contributed by atoms with Gasteiger partial charge in [0.05, 0.1) is 6.04 Å². The summed E-state index contributed by atoms with van der Waals surface area (Å²) >= 11 is 1.29. The number of carbonyl (C=O) groups is 1. The van der Waals surface area contributed by atoms with E-state index in [9.17, 15) is 4.79 Å². The van der Waals surface area contributed by atoms with Gasteiger partial charge in [-0.1, -0.05) is 35.6 Å². The molecule has 2 amide bonds. The molecule has 0 spiro atoms. The summed E-state index contributed by atoms with van der Waals surface area (Å²) in [6.45, 7) is 1.88. The third-order valence-electron chi connectivity index (χ3n) is 4.06. The molecule has 1 aromatic carbocycles. The average Bonchev–Trinajstić information content (AvgIpc) is 3.12. The summed E-state index contributed by atoms with van der Waals surface area (Å²) in [5.74, 6) is 0. The number of nitrogens with one attached hydrogen (secondary N) is 1. The Kier molecular flexibility index (Phi) is 3.98. The Balaban J connectivity index is 1.61. The smallest absolute Gasteiger partial charge is 0.317 e. The highest BCUT2D eigenvalue weighted by molar-refractivity contribution is 7.15. The fourth-order valence-electron chi connectivity index (χ4n) is 2.75. The zero-order valence-corrected chi connectivity index (χ0v) is 13.4. The Hall–Kier alpha value is -2.15. The molecule has 0 saturated carbocycles. The Morgan fingerprint density at radius 3 is 2.55 bits per heavy atom. The number of anilines is 1. The van der Waals surface area contributed by atoms with Crippen molar-refractivity contribution in [3.05, 3.63) is 40.4 Å². The van der Waals surface area contributed by atoms with Gasteiger partial charge in [0, 0.05) is 13.1 Å². The second-order valence-electron chi connectivity index (χ2n) is 5.59. The van der Waals surface area contributed by atoms with E-state index in [1.807, 2.05) is 26.1 Å². The number of hydrogen-bond donors (Lipinski definition) is 2. The van der Waals surface area contributed by atoms with E-state index in [1.54, 1.807) is 4.90 Å². The van der Waals surface area contributed by atoms with Gasteiger partial charge in [-0.3, -0.25) is 0 Å². The predicted octanol–water partition coefficient (Wildman–Crippen LogP) is 1.99. The van der Waals surface area contributed by atoms with Gasteiger partial charge in [-0.25, -0.2) is 4.79 Å². The van der Waals surface area contributed by atoms with Crippen molar-refractivity contribution in [3.8, 4) is 0 Å². The van der Waals surface area contributed by atoms with Crippen LogP contribution in [-0.2, 0) is 12.8 Å². The number of fused-ring (bicyclic) bond motifs is 1. The highest BCUT2D eigenvalue weighted by Crippen LogP contribution is 2.25. The predicted molar refractivity (Wildman–Crippen MR) is 86.7 cm³/mol. The van der Waals surface area contributed by atoms with E-state index < -0.39 is 0 Å². The van der Waals surface area contributed by atoms with Crippen molar-refractivity contribution in [3.63, 3.8) is 0 Å². The zero-order valence-electron chi connectivity index (χ0n) is 12.6. The molecule has 0 saturated heterocycles. The molecule has 1 aliphatic rings. The maximum Gasteiger partial charge on any atom is 0.317 e. The van der Waals surface area contributed by atoms with Gasteiger partial charge in [0.15, 0.2) is 0 Å². The normalized spacial score (nSPS) is 15.4. The van der Waals surface area contributed by atoms with Gasteiger partial charge in [0.25, 0.3) is 0 Å². The summed E-state index contributed by atoms with van der Waals surface area (Å²) in [6.07, 6.45) is 1.81. The lowest BCUT2D eigenvalue weighted by molar-refractivity contribution is 0.188. The van der Waals surface area contributed by atoms with Crippen molar-refractivity contribution in [1.29, 1.82) is 0 Å². The lowest BCUT2D eigenvalue weighted by atomic mass is 10.1. The van der Waals surface area contributed by atoms with E-state index in [1.165, 1.54) is 22.5 Å². The highest BCUT2D eigenvalue weighted by atomic mass is 32.1.